The lowest BCUT2D eigenvalue weighted by Gasteiger charge is -2.13. The number of carboxylic acids is 1. The molecule has 0 saturated heterocycles. The predicted octanol–water partition coefficient (Wildman–Crippen LogP) is 3.91. The van der Waals surface area contributed by atoms with Crippen LogP contribution in [0.3, 0.4) is 0 Å². The van der Waals surface area contributed by atoms with Crippen molar-refractivity contribution in [3.63, 3.8) is 0 Å². The standard InChI is InChI=1S/C24H20N2O4S2/c1-16-6-8-17(9-7-16)10-11-20-12-13-23(31-20)32(29,30)26-22(24(27)28)15-19-14-18-4-2-3-5-21(18)25-19/h2-9,12-14,22,25-26H,15H2,1H3,(H,27,28)/t22-/m1/s1. The molecule has 0 radical (unpaired) electrons. The van der Waals surface area contributed by atoms with Gasteiger partial charge in [0.1, 0.15) is 10.3 Å². The number of H-pyrrole nitrogens is 1. The number of benzene rings is 2. The molecule has 4 rings (SSSR count). The van der Waals surface area contributed by atoms with E-state index in [-0.39, 0.29) is 10.6 Å². The molecule has 0 aliphatic heterocycles. The Labute approximate surface area is 190 Å². The summed E-state index contributed by atoms with van der Waals surface area (Å²) in [6.07, 6.45) is -0.00525. The normalized spacial score (nSPS) is 12.3. The van der Waals surface area contributed by atoms with Gasteiger partial charge in [0.25, 0.3) is 10.0 Å². The first-order chi connectivity index (χ1) is 15.3. The smallest absolute Gasteiger partial charge is 0.322 e. The van der Waals surface area contributed by atoms with E-state index in [0.717, 1.165) is 33.4 Å². The lowest BCUT2D eigenvalue weighted by atomic mass is 10.1. The van der Waals surface area contributed by atoms with Crippen LogP contribution in [0.2, 0.25) is 0 Å². The molecule has 1 atom stereocenters. The lowest BCUT2D eigenvalue weighted by Crippen LogP contribution is -2.42. The van der Waals surface area contributed by atoms with Crippen molar-refractivity contribution < 1.29 is 18.3 Å². The van der Waals surface area contributed by atoms with E-state index in [1.165, 1.54) is 6.07 Å². The van der Waals surface area contributed by atoms with Crippen LogP contribution in [-0.4, -0.2) is 30.5 Å². The first-order valence-corrected chi connectivity index (χ1v) is 12.1. The molecule has 2 heterocycles. The summed E-state index contributed by atoms with van der Waals surface area (Å²) in [6.45, 7) is 1.99. The molecule has 0 bridgehead atoms. The van der Waals surface area contributed by atoms with E-state index in [9.17, 15) is 18.3 Å². The Balaban J connectivity index is 1.50. The van der Waals surface area contributed by atoms with Gasteiger partial charge in [0.15, 0.2) is 0 Å². The van der Waals surface area contributed by atoms with Gasteiger partial charge in [-0.25, -0.2) is 8.42 Å². The number of hydrogen-bond donors (Lipinski definition) is 3. The zero-order valence-corrected chi connectivity index (χ0v) is 18.8. The predicted molar refractivity (Wildman–Crippen MR) is 125 cm³/mol. The number of para-hydroxylation sites is 1. The molecule has 0 amide bonds. The quantitative estimate of drug-likeness (QED) is 0.377. The number of aliphatic carboxylic acids is 1. The van der Waals surface area contributed by atoms with Crippen LogP contribution in [0.15, 0.2) is 70.9 Å². The third kappa shape index (κ3) is 5.08. The van der Waals surface area contributed by atoms with Crippen molar-refractivity contribution in [2.24, 2.45) is 0 Å². The monoisotopic (exact) mass is 464 g/mol. The van der Waals surface area contributed by atoms with Crippen molar-refractivity contribution in [2.75, 3.05) is 0 Å². The minimum atomic E-state index is -4.02. The van der Waals surface area contributed by atoms with Gasteiger partial charge in [-0.15, -0.1) is 11.3 Å². The van der Waals surface area contributed by atoms with Crippen LogP contribution in [0.4, 0.5) is 0 Å². The van der Waals surface area contributed by atoms with Crippen LogP contribution in [0.5, 0.6) is 0 Å². The molecule has 4 aromatic rings. The zero-order valence-electron chi connectivity index (χ0n) is 17.1. The van der Waals surface area contributed by atoms with Crippen LogP contribution < -0.4 is 4.72 Å². The summed E-state index contributed by atoms with van der Waals surface area (Å²) < 4.78 is 28.0. The van der Waals surface area contributed by atoms with E-state index >= 15 is 0 Å². The number of thiophene rings is 1. The van der Waals surface area contributed by atoms with Crippen molar-refractivity contribution in [2.45, 2.75) is 23.6 Å². The topological polar surface area (TPSA) is 99.3 Å². The molecular formula is C24H20N2O4S2. The Morgan fingerprint density at radius 1 is 1.09 bits per heavy atom. The summed E-state index contributed by atoms with van der Waals surface area (Å²) in [6, 6.07) is 18.8. The molecule has 3 N–H and O–H groups in total. The number of fused-ring (bicyclic) bond motifs is 1. The van der Waals surface area contributed by atoms with Crippen molar-refractivity contribution >= 4 is 38.2 Å². The second kappa shape index (κ2) is 9.01. The SMILES string of the molecule is Cc1ccc(C#Cc2ccc(S(=O)(=O)N[C@H](Cc3cc4ccccc4[nH]3)C(=O)O)s2)cc1. The number of carbonyl (C=O) groups is 1. The second-order valence-corrected chi connectivity index (χ2v) is 10.4. The minimum absolute atomic E-state index is 0.00525. The molecule has 0 spiro atoms. The summed E-state index contributed by atoms with van der Waals surface area (Å²) in [7, 11) is -4.02. The highest BCUT2D eigenvalue weighted by Gasteiger charge is 2.27. The molecule has 8 heteroatoms. The van der Waals surface area contributed by atoms with E-state index < -0.39 is 22.0 Å². The summed E-state index contributed by atoms with van der Waals surface area (Å²) in [5.74, 6) is 4.72. The van der Waals surface area contributed by atoms with Crippen LogP contribution in [0.1, 0.15) is 21.7 Å². The van der Waals surface area contributed by atoms with Gasteiger partial charge in [-0.2, -0.15) is 4.72 Å². The Morgan fingerprint density at radius 2 is 1.84 bits per heavy atom. The maximum atomic E-state index is 12.8. The van der Waals surface area contributed by atoms with Gasteiger partial charge in [-0.05, 0) is 48.7 Å². The molecule has 2 aromatic heterocycles. The molecule has 6 nitrogen and oxygen atoms in total. The maximum Gasteiger partial charge on any atom is 0.322 e. The lowest BCUT2D eigenvalue weighted by molar-refractivity contribution is -0.138. The molecule has 162 valence electrons. The molecule has 32 heavy (non-hydrogen) atoms. The van der Waals surface area contributed by atoms with Crippen LogP contribution in [0.25, 0.3) is 10.9 Å². The highest BCUT2D eigenvalue weighted by Crippen LogP contribution is 2.22. The Bertz CT molecular complexity index is 1410. The largest absolute Gasteiger partial charge is 0.480 e. The minimum Gasteiger partial charge on any atom is -0.480 e. The molecule has 0 saturated carbocycles. The van der Waals surface area contributed by atoms with Crippen LogP contribution >= 0.6 is 11.3 Å². The summed E-state index contributed by atoms with van der Waals surface area (Å²) in [4.78, 5) is 15.5. The Kier molecular flexibility index (Phi) is 6.15. The van der Waals surface area contributed by atoms with Gasteiger partial charge in [-0.3, -0.25) is 4.79 Å². The van der Waals surface area contributed by atoms with Crippen molar-refractivity contribution in [1.29, 1.82) is 0 Å². The highest BCUT2D eigenvalue weighted by molar-refractivity contribution is 7.91. The summed E-state index contributed by atoms with van der Waals surface area (Å²) in [5, 5.41) is 10.5. The number of nitrogens with one attached hydrogen (secondary N) is 2. The van der Waals surface area contributed by atoms with E-state index in [4.69, 9.17) is 0 Å². The number of hydrogen-bond acceptors (Lipinski definition) is 4. The molecular weight excluding hydrogens is 444 g/mol. The molecule has 0 unspecified atom stereocenters. The third-order valence-electron chi connectivity index (χ3n) is 4.83. The number of aromatic amines is 1. The van der Waals surface area contributed by atoms with Crippen molar-refractivity contribution in [3.8, 4) is 11.8 Å². The summed E-state index contributed by atoms with van der Waals surface area (Å²) >= 11 is 1.00. The first-order valence-electron chi connectivity index (χ1n) is 9.80. The maximum absolute atomic E-state index is 12.8. The van der Waals surface area contributed by atoms with Gasteiger partial charge < -0.3 is 10.1 Å². The number of sulfonamides is 1. The molecule has 2 aromatic carbocycles. The zero-order chi connectivity index (χ0) is 22.7. The summed E-state index contributed by atoms with van der Waals surface area (Å²) in [5.41, 5.74) is 3.46. The second-order valence-electron chi connectivity index (χ2n) is 7.33. The van der Waals surface area contributed by atoms with Gasteiger partial charge >= 0.3 is 5.97 Å². The van der Waals surface area contributed by atoms with E-state index in [1.807, 2.05) is 61.5 Å². The average Bonchev–Trinajstić information content (AvgIpc) is 3.39. The van der Waals surface area contributed by atoms with Crippen molar-refractivity contribution in [1.82, 2.24) is 9.71 Å². The number of carboxylic acid groups (broad SMARTS) is 1. The van der Waals surface area contributed by atoms with Gasteiger partial charge in [-0.1, -0.05) is 47.7 Å². The van der Waals surface area contributed by atoms with E-state index in [0.29, 0.717) is 10.6 Å². The van der Waals surface area contributed by atoms with Crippen molar-refractivity contribution in [3.05, 3.63) is 88.4 Å². The van der Waals surface area contributed by atoms with E-state index in [1.54, 1.807) is 6.07 Å². The highest BCUT2D eigenvalue weighted by atomic mass is 32.2. The van der Waals surface area contributed by atoms with Gasteiger partial charge in [0.05, 0.1) is 4.88 Å². The first kappa shape index (κ1) is 21.8. The fourth-order valence-corrected chi connectivity index (χ4v) is 5.56. The van der Waals surface area contributed by atoms with Gasteiger partial charge in [0, 0.05) is 23.2 Å². The molecule has 0 aliphatic carbocycles. The Hall–Kier alpha value is -3.38. The Morgan fingerprint density at radius 3 is 2.56 bits per heavy atom. The number of aromatic nitrogens is 1. The third-order valence-corrected chi connectivity index (χ3v) is 7.80. The number of rotatable bonds is 6. The molecule has 0 aliphatic rings. The van der Waals surface area contributed by atoms with E-state index in [2.05, 4.69) is 21.5 Å². The fourth-order valence-electron chi connectivity index (χ4n) is 3.19. The van der Waals surface area contributed by atoms with Crippen LogP contribution in [0, 0.1) is 18.8 Å². The van der Waals surface area contributed by atoms with Gasteiger partial charge in [0.2, 0.25) is 0 Å². The number of aryl methyl sites for hydroxylation is 1. The van der Waals surface area contributed by atoms with Crippen LogP contribution in [-0.2, 0) is 21.2 Å². The molecule has 0 fully saturated rings. The fraction of sp³-hybridized carbons (Fsp3) is 0.125. The average molecular weight is 465 g/mol.